The molecule has 0 heterocycles. The lowest BCUT2D eigenvalue weighted by Gasteiger charge is -2.12. The van der Waals surface area contributed by atoms with Gasteiger partial charge in [0.15, 0.2) is 6.61 Å². The highest BCUT2D eigenvalue weighted by Crippen LogP contribution is 2.25. The van der Waals surface area contributed by atoms with E-state index in [0.717, 1.165) is 12.8 Å². The predicted octanol–water partition coefficient (Wildman–Crippen LogP) is 0.608. The zero-order valence-corrected chi connectivity index (χ0v) is 12.3. The first kappa shape index (κ1) is 14.8. The van der Waals surface area contributed by atoms with Crippen LogP contribution >= 0.6 is 0 Å². The second-order valence-electron chi connectivity index (χ2n) is 5.06. The largest absolute Gasteiger partial charge is 0.483 e. The third-order valence-corrected chi connectivity index (χ3v) is 4.13. The minimum Gasteiger partial charge on any atom is -0.483 e. The number of aryl methyl sites for hydroxylation is 2. The monoisotopic (exact) mass is 298 g/mol. The Labute approximate surface area is 118 Å². The Morgan fingerprint density at radius 1 is 1.35 bits per heavy atom. The van der Waals surface area contributed by atoms with Crippen LogP contribution in [0.5, 0.6) is 5.75 Å². The molecule has 0 spiro atoms. The van der Waals surface area contributed by atoms with Crippen LogP contribution in [0.25, 0.3) is 0 Å². The number of rotatable bonds is 5. The van der Waals surface area contributed by atoms with Crippen LogP contribution in [0.15, 0.2) is 17.0 Å². The van der Waals surface area contributed by atoms with Crippen molar-refractivity contribution in [1.82, 2.24) is 5.32 Å². The van der Waals surface area contributed by atoms with Crippen molar-refractivity contribution < 1.29 is 17.9 Å². The van der Waals surface area contributed by atoms with E-state index < -0.39 is 10.0 Å². The molecule has 110 valence electrons. The molecule has 1 aliphatic carbocycles. The lowest BCUT2D eigenvalue weighted by molar-refractivity contribution is -0.123. The minimum absolute atomic E-state index is 0.0739. The molecule has 0 aromatic heterocycles. The molecule has 0 radical (unpaired) electrons. The highest BCUT2D eigenvalue weighted by Gasteiger charge is 2.23. The van der Waals surface area contributed by atoms with Gasteiger partial charge in [-0.3, -0.25) is 4.79 Å². The fraction of sp³-hybridized carbons (Fsp3) is 0.462. The Morgan fingerprint density at radius 3 is 2.55 bits per heavy atom. The maximum Gasteiger partial charge on any atom is 0.258 e. The summed E-state index contributed by atoms with van der Waals surface area (Å²) >= 11 is 0. The van der Waals surface area contributed by atoms with Crippen LogP contribution in [0.1, 0.15) is 24.0 Å². The molecule has 3 N–H and O–H groups in total. The van der Waals surface area contributed by atoms with E-state index in [4.69, 9.17) is 9.88 Å². The Morgan fingerprint density at radius 2 is 2.00 bits per heavy atom. The molecule has 2 rings (SSSR count). The number of sulfonamides is 1. The maximum absolute atomic E-state index is 11.5. The van der Waals surface area contributed by atoms with E-state index in [-0.39, 0.29) is 17.4 Å². The normalized spacial score (nSPS) is 14.9. The number of hydrogen-bond donors (Lipinski definition) is 2. The Hall–Kier alpha value is -1.60. The zero-order valence-electron chi connectivity index (χ0n) is 11.5. The number of benzene rings is 1. The van der Waals surface area contributed by atoms with Gasteiger partial charge in [-0.25, -0.2) is 13.6 Å². The van der Waals surface area contributed by atoms with Crippen LogP contribution < -0.4 is 15.2 Å². The smallest absolute Gasteiger partial charge is 0.258 e. The minimum atomic E-state index is -3.75. The summed E-state index contributed by atoms with van der Waals surface area (Å²) in [5.74, 6) is 0.320. The molecule has 1 aliphatic rings. The third-order valence-electron chi connectivity index (χ3n) is 3.08. The summed E-state index contributed by atoms with van der Waals surface area (Å²) in [6.45, 7) is 3.27. The van der Waals surface area contributed by atoms with Gasteiger partial charge in [-0.1, -0.05) is 0 Å². The molecule has 7 heteroatoms. The molecule has 0 bridgehead atoms. The summed E-state index contributed by atoms with van der Waals surface area (Å²) < 4.78 is 28.2. The molecule has 0 saturated heterocycles. The van der Waals surface area contributed by atoms with Gasteiger partial charge in [0.05, 0.1) is 4.90 Å². The first-order valence-corrected chi connectivity index (χ1v) is 7.88. The summed E-state index contributed by atoms with van der Waals surface area (Å²) in [6.07, 6.45) is 2.04. The molecule has 1 fully saturated rings. The van der Waals surface area contributed by atoms with E-state index in [9.17, 15) is 13.2 Å². The molecule has 0 aliphatic heterocycles. The van der Waals surface area contributed by atoms with Crippen LogP contribution in [-0.4, -0.2) is 27.0 Å². The average molecular weight is 298 g/mol. The highest BCUT2D eigenvalue weighted by molar-refractivity contribution is 7.89. The number of nitrogens with two attached hydrogens (primary N) is 1. The number of ether oxygens (including phenoxy) is 1. The lowest BCUT2D eigenvalue weighted by Crippen LogP contribution is -2.30. The van der Waals surface area contributed by atoms with Gasteiger partial charge in [-0.05, 0) is 49.9 Å². The van der Waals surface area contributed by atoms with Crippen LogP contribution in [0.4, 0.5) is 0 Å². The van der Waals surface area contributed by atoms with Crippen molar-refractivity contribution in [2.45, 2.75) is 37.6 Å². The molecule has 6 nitrogen and oxygen atoms in total. The second-order valence-corrected chi connectivity index (χ2v) is 6.59. The van der Waals surface area contributed by atoms with Gasteiger partial charge in [0, 0.05) is 6.04 Å². The third kappa shape index (κ3) is 3.71. The summed E-state index contributed by atoms with van der Waals surface area (Å²) in [5.41, 5.74) is 1.12. The second kappa shape index (κ2) is 5.41. The quantitative estimate of drug-likeness (QED) is 0.832. The summed E-state index contributed by atoms with van der Waals surface area (Å²) in [5, 5.41) is 7.94. The van der Waals surface area contributed by atoms with Gasteiger partial charge in [0.1, 0.15) is 5.75 Å². The summed E-state index contributed by atoms with van der Waals surface area (Å²) in [6, 6.07) is 3.33. The van der Waals surface area contributed by atoms with Crippen molar-refractivity contribution in [3.8, 4) is 5.75 Å². The van der Waals surface area contributed by atoms with Crippen molar-refractivity contribution >= 4 is 15.9 Å². The van der Waals surface area contributed by atoms with Crippen LogP contribution in [0.2, 0.25) is 0 Å². The highest BCUT2D eigenvalue weighted by atomic mass is 32.2. The first-order chi connectivity index (χ1) is 9.27. The molecular formula is C13H18N2O4S. The van der Waals surface area contributed by atoms with Crippen molar-refractivity contribution in [2.24, 2.45) is 5.14 Å². The van der Waals surface area contributed by atoms with Gasteiger partial charge in [-0.15, -0.1) is 0 Å². The number of hydrogen-bond acceptors (Lipinski definition) is 4. The molecule has 0 atom stereocenters. The van der Waals surface area contributed by atoms with E-state index in [0.29, 0.717) is 22.9 Å². The number of carbonyl (C=O) groups is 1. The van der Waals surface area contributed by atoms with Gasteiger partial charge < -0.3 is 10.1 Å². The topological polar surface area (TPSA) is 98.5 Å². The van der Waals surface area contributed by atoms with Crippen molar-refractivity contribution in [3.05, 3.63) is 23.3 Å². The Bertz CT molecular complexity index is 636. The Kier molecular flexibility index (Phi) is 4.01. The van der Waals surface area contributed by atoms with Crippen LogP contribution in [-0.2, 0) is 14.8 Å². The fourth-order valence-electron chi connectivity index (χ4n) is 1.87. The van der Waals surface area contributed by atoms with Crippen molar-refractivity contribution in [2.75, 3.05) is 6.61 Å². The fourth-order valence-corrected chi connectivity index (χ4v) is 2.71. The van der Waals surface area contributed by atoms with E-state index in [2.05, 4.69) is 5.32 Å². The molecule has 1 saturated carbocycles. The van der Waals surface area contributed by atoms with E-state index in [1.54, 1.807) is 19.9 Å². The van der Waals surface area contributed by atoms with Gasteiger partial charge in [0.2, 0.25) is 10.0 Å². The standard InChI is InChI=1S/C13H18N2O4S/c1-8-6-12(20(14,17)18)9(2)5-11(8)19-7-13(16)15-10-3-4-10/h5-6,10H,3-4,7H2,1-2H3,(H,15,16)(H2,14,17,18). The number of primary sulfonamides is 1. The van der Waals surface area contributed by atoms with Gasteiger partial charge in [0.25, 0.3) is 5.91 Å². The number of nitrogens with one attached hydrogen (secondary N) is 1. The van der Waals surface area contributed by atoms with Gasteiger partial charge in [-0.2, -0.15) is 0 Å². The maximum atomic E-state index is 11.5. The summed E-state index contributed by atoms with van der Waals surface area (Å²) in [4.78, 5) is 11.6. The van der Waals surface area contributed by atoms with E-state index in [1.807, 2.05) is 0 Å². The molecule has 1 aromatic carbocycles. The molecule has 1 aromatic rings. The van der Waals surface area contributed by atoms with Crippen LogP contribution in [0, 0.1) is 13.8 Å². The molecular weight excluding hydrogens is 280 g/mol. The zero-order chi connectivity index (χ0) is 14.9. The van der Waals surface area contributed by atoms with E-state index in [1.165, 1.54) is 6.07 Å². The van der Waals surface area contributed by atoms with Crippen LogP contribution in [0.3, 0.4) is 0 Å². The molecule has 0 unspecified atom stereocenters. The Balaban J connectivity index is 2.08. The van der Waals surface area contributed by atoms with E-state index >= 15 is 0 Å². The average Bonchev–Trinajstić information content (AvgIpc) is 3.12. The predicted molar refractivity (Wildman–Crippen MR) is 73.9 cm³/mol. The van der Waals surface area contributed by atoms with Crippen molar-refractivity contribution in [3.63, 3.8) is 0 Å². The lowest BCUT2D eigenvalue weighted by atomic mass is 10.1. The van der Waals surface area contributed by atoms with Crippen molar-refractivity contribution in [1.29, 1.82) is 0 Å². The number of carbonyl (C=O) groups excluding carboxylic acids is 1. The molecule has 20 heavy (non-hydrogen) atoms. The molecule has 1 amide bonds. The first-order valence-electron chi connectivity index (χ1n) is 6.33. The summed E-state index contributed by atoms with van der Waals surface area (Å²) in [7, 11) is -3.75. The SMILES string of the molecule is Cc1cc(S(N)(=O)=O)c(C)cc1OCC(=O)NC1CC1. The number of amides is 1. The van der Waals surface area contributed by atoms with Gasteiger partial charge >= 0.3 is 0 Å².